The third-order valence-electron chi connectivity index (χ3n) is 4.25. The van der Waals surface area contributed by atoms with E-state index >= 15 is 0 Å². The highest BCUT2D eigenvalue weighted by Crippen LogP contribution is 2.19. The van der Waals surface area contributed by atoms with Crippen LogP contribution in [0.4, 0.5) is 4.39 Å². The highest BCUT2D eigenvalue weighted by atomic mass is 35.5. The third kappa shape index (κ3) is 4.63. The summed E-state index contributed by atoms with van der Waals surface area (Å²) in [5.41, 5.74) is 3.43. The van der Waals surface area contributed by atoms with Crippen molar-refractivity contribution in [2.45, 2.75) is 24.9 Å². The SMILES string of the molecule is CN1CCN(C)C(CC(Cc2cc(Cl)ccc2F)NN)C1. The summed E-state index contributed by atoms with van der Waals surface area (Å²) in [6.45, 7) is 3.13. The monoisotopic (exact) mass is 314 g/mol. The van der Waals surface area contributed by atoms with Crippen LogP contribution in [-0.2, 0) is 6.42 Å². The summed E-state index contributed by atoms with van der Waals surface area (Å²) in [6, 6.07) is 5.10. The number of benzene rings is 1. The van der Waals surface area contributed by atoms with E-state index < -0.39 is 0 Å². The van der Waals surface area contributed by atoms with E-state index in [4.69, 9.17) is 17.4 Å². The fourth-order valence-corrected chi connectivity index (χ4v) is 3.05. The van der Waals surface area contributed by atoms with Crippen molar-refractivity contribution in [2.24, 2.45) is 5.84 Å². The Morgan fingerprint density at radius 3 is 2.90 bits per heavy atom. The number of rotatable bonds is 5. The second-order valence-electron chi connectivity index (χ2n) is 5.94. The normalized spacial score (nSPS) is 22.4. The summed E-state index contributed by atoms with van der Waals surface area (Å²) in [5, 5.41) is 0.552. The number of nitrogens with zero attached hydrogens (tertiary/aromatic N) is 2. The van der Waals surface area contributed by atoms with Gasteiger partial charge in [0.2, 0.25) is 0 Å². The van der Waals surface area contributed by atoms with E-state index in [1.165, 1.54) is 6.07 Å². The van der Waals surface area contributed by atoms with Crippen LogP contribution >= 0.6 is 11.6 Å². The van der Waals surface area contributed by atoms with Gasteiger partial charge in [-0.25, -0.2) is 4.39 Å². The fourth-order valence-electron chi connectivity index (χ4n) is 2.86. The van der Waals surface area contributed by atoms with Crippen molar-refractivity contribution in [3.8, 4) is 0 Å². The van der Waals surface area contributed by atoms with Gasteiger partial charge in [0, 0.05) is 36.7 Å². The molecule has 1 aliphatic rings. The lowest BCUT2D eigenvalue weighted by atomic mass is 9.97. The lowest BCUT2D eigenvalue weighted by Gasteiger charge is -2.39. The molecule has 21 heavy (non-hydrogen) atoms. The third-order valence-corrected chi connectivity index (χ3v) is 4.48. The van der Waals surface area contributed by atoms with Crippen LogP contribution in [0.15, 0.2) is 18.2 Å². The van der Waals surface area contributed by atoms with Gasteiger partial charge in [0.25, 0.3) is 0 Å². The van der Waals surface area contributed by atoms with Gasteiger partial charge in [-0.05, 0) is 50.7 Å². The Balaban J connectivity index is 2.01. The minimum Gasteiger partial charge on any atom is -0.304 e. The van der Waals surface area contributed by atoms with Crippen molar-refractivity contribution in [3.05, 3.63) is 34.6 Å². The number of halogens is 2. The maximum absolute atomic E-state index is 13.8. The highest BCUT2D eigenvalue weighted by molar-refractivity contribution is 6.30. The first-order valence-electron chi connectivity index (χ1n) is 7.28. The predicted molar refractivity (Wildman–Crippen MR) is 84.8 cm³/mol. The van der Waals surface area contributed by atoms with Crippen LogP contribution in [0.25, 0.3) is 0 Å². The molecular weight excluding hydrogens is 291 g/mol. The zero-order chi connectivity index (χ0) is 15.4. The zero-order valence-corrected chi connectivity index (χ0v) is 13.4. The maximum Gasteiger partial charge on any atom is 0.126 e. The smallest absolute Gasteiger partial charge is 0.126 e. The summed E-state index contributed by atoms with van der Waals surface area (Å²) < 4.78 is 13.8. The summed E-state index contributed by atoms with van der Waals surface area (Å²) >= 11 is 5.94. The molecule has 6 heteroatoms. The molecule has 0 radical (unpaired) electrons. The molecule has 0 spiro atoms. The maximum atomic E-state index is 13.8. The quantitative estimate of drug-likeness (QED) is 0.638. The molecule has 1 fully saturated rings. The molecule has 1 saturated heterocycles. The number of piperazine rings is 1. The topological polar surface area (TPSA) is 44.5 Å². The molecule has 3 N–H and O–H groups in total. The van der Waals surface area contributed by atoms with Crippen molar-refractivity contribution in [3.63, 3.8) is 0 Å². The molecule has 2 rings (SSSR count). The first-order valence-corrected chi connectivity index (χ1v) is 7.66. The molecule has 2 atom stereocenters. The summed E-state index contributed by atoms with van der Waals surface area (Å²) in [5.74, 6) is 5.44. The van der Waals surface area contributed by atoms with Gasteiger partial charge in [-0.1, -0.05) is 11.6 Å². The minimum absolute atomic E-state index is 0.0249. The van der Waals surface area contributed by atoms with Crippen molar-refractivity contribution < 1.29 is 4.39 Å². The number of hydrazine groups is 1. The number of nitrogens with one attached hydrogen (secondary N) is 1. The van der Waals surface area contributed by atoms with Crippen molar-refractivity contribution >= 4 is 11.6 Å². The highest BCUT2D eigenvalue weighted by Gasteiger charge is 2.25. The molecular formula is C15H24ClFN4. The van der Waals surface area contributed by atoms with Crippen molar-refractivity contribution in [2.75, 3.05) is 33.7 Å². The number of hydrogen-bond donors (Lipinski definition) is 2. The standard InChI is InChI=1S/C15H24ClFN4/c1-20-5-6-21(2)14(10-20)9-13(19-18)8-11-7-12(16)3-4-15(11)17/h3-4,7,13-14,19H,5-6,8-10,18H2,1-2H3. The Morgan fingerprint density at radius 1 is 1.43 bits per heavy atom. The molecule has 0 amide bonds. The van der Waals surface area contributed by atoms with Crippen LogP contribution in [-0.4, -0.2) is 55.6 Å². The Bertz CT molecular complexity index is 471. The van der Waals surface area contributed by atoms with Gasteiger partial charge in [-0.15, -0.1) is 0 Å². The first-order chi connectivity index (χ1) is 9.99. The molecule has 1 aliphatic heterocycles. The number of hydrogen-bond acceptors (Lipinski definition) is 4. The van der Waals surface area contributed by atoms with E-state index in [0.29, 0.717) is 23.0 Å². The fraction of sp³-hybridized carbons (Fsp3) is 0.600. The van der Waals surface area contributed by atoms with Gasteiger partial charge in [-0.2, -0.15) is 0 Å². The zero-order valence-electron chi connectivity index (χ0n) is 12.6. The van der Waals surface area contributed by atoms with E-state index in [2.05, 4.69) is 29.3 Å². The van der Waals surface area contributed by atoms with Gasteiger partial charge in [-0.3, -0.25) is 11.3 Å². The summed E-state index contributed by atoms with van der Waals surface area (Å²) in [7, 11) is 4.26. The van der Waals surface area contributed by atoms with E-state index in [9.17, 15) is 4.39 Å². The van der Waals surface area contributed by atoms with Gasteiger partial charge in [0.15, 0.2) is 0 Å². The summed E-state index contributed by atoms with van der Waals surface area (Å²) in [6.07, 6.45) is 1.42. The molecule has 1 aromatic carbocycles. The second kappa shape index (κ2) is 7.51. The summed E-state index contributed by atoms with van der Waals surface area (Å²) in [4.78, 5) is 4.66. The molecule has 0 aromatic heterocycles. The molecule has 1 aromatic rings. The minimum atomic E-state index is -0.228. The molecule has 0 bridgehead atoms. The van der Waals surface area contributed by atoms with Gasteiger partial charge >= 0.3 is 0 Å². The van der Waals surface area contributed by atoms with Crippen LogP contribution < -0.4 is 11.3 Å². The van der Waals surface area contributed by atoms with Gasteiger partial charge in [0.05, 0.1) is 0 Å². The van der Waals surface area contributed by atoms with E-state index in [1.54, 1.807) is 12.1 Å². The van der Waals surface area contributed by atoms with Gasteiger partial charge < -0.3 is 9.80 Å². The molecule has 2 unspecified atom stereocenters. The van der Waals surface area contributed by atoms with Crippen LogP contribution in [0.1, 0.15) is 12.0 Å². The lowest BCUT2D eigenvalue weighted by Crippen LogP contribution is -2.53. The number of likely N-dealkylation sites (N-methyl/N-ethyl adjacent to an activating group) is 2. The Labute approximate surface area is 131 Å². The average Bonchev–Trinajstić information content (AvgIpc) is 2.45. The Morgan fingerprint density at radius 2 is 2.19 bits per heavy atom. The predicted octanol–water partition coefficient (Wildman–Crippen LogP) is 1.49. The molecule has 0 aliphatic carbocycles. The van der Waals surface area contributed by atoms with Crippen LogP contribution in [0.3, 0.4) is 0 Å². The van der Waals surface area contributed by atoms with Gasteiger partial charge in [0.1, 0.15) is 5.82 Å². The molecule has 0 saturated carbocycles. The van der Waals surface area contributed by atoms with Crippen molar-refractivity contribution in [1.82, 2.24) is 15.2 Å². The molecule has 118 valence electrons. The van der Waals surface area contributed by atoms with E-state index in [1.807, 2.05) is 0 Å². The average molecular weight is 315 g/mol. The second-order valence-corrected chi connectivity index (χ2v) is 6.37. The van der Waals surface area contributed by atoms with E-state index in [-0.39, 0.29) is 11.9 Å². The molecule has 4 nitrogen and oxygen atoms in total. The van der Waals surface area contributed by atoms with Crippen LogP contribution in [0, 0.1) is 5.82 Å². The Hall–Kier alpha value is -0.720. The number of nitrogens with two attached hydrogens (primary N) is 1. The lowest BCUT2D eigenvalue weighted by molar-refractivity contribution is 0.101. The molecule has 1 heterocycles. The van der Waals surface area contributed by atoms with Crippen molar-refractivity contribution in [1.29, 1.82) is 0 Å². The first kappa shape index (κ1) is 16.6. The van der Waals surface area contributed by atoms with Crippen LogP contribution in [0.2, 0.25) is 5.02 Å². The van der Waals surface area contributed by atoms with E-state index in [0.717, 1.165) is 26.1 Å². The van der Waals surface area contributed by atoms with Crippen LogP contribution in [0.5, 0.6) is 0 Å². The Kier molecular flexibility index (Phi) is 5.96. The largest absolute Gasteiger partial charge is 0.304 e.